The van der Waals surface area contributed by atoms with Crippen LogP contribution in [-0.2, 0) is 11.3 Å². The lowest BCUT2D eigenvalue weighted by atomic mass is 10.2. The van der Waals surface area contributed by atoms with Crippen molar-refractivity contribution in [3.63, 3.8) is 0 Å². The molecule has 0 radical (unpaired) electrons. The third kappa shape index (κ3) is 3.57. The van der Waals surface area contributed by atoms with Gasteiger partial charge in [0.2, 0.25) is 0 Å². The number of aryl methyl sites for hydroxylation is 2. The molecule has 3 rings (SSSR count). The molecule has 0 aliphatic rings. The van der Waals surface area contributed by atoms with E-state index in [0.717, 1.165) is 15.9 Å². The average Bonchev–Trinajstić information content (AvgIpc) is 3.20. The van der Waals surface area contributed by atoms with Gasteiger partial charge in [-0.05, 0) is 52.0 Å². The maximum Gasteiger partial charge on any atom is 0.337 e. The van der Waals surface area contributed by atoms with Crippen LogP contribution >= 0.6 is 11.3 Å². The van der Waals surface area contributed by atoms with E-state index in [1.54, 1.807) is 18.2 Å². The maximum absolute atomic E-state index is 12.6. The number of methoxy groups -OCH3 is 1. The number of carbonyl (C=O) groups is 2. The molecule has 0 unspecified atom stereocenters. The maximum atomic E-state index is 12.6. The molecule has 3 aromatic rings. The van der Waals surface area contributed by atoms with Crippen LogP contribution in [-0.4, -0.2) is 33.3 Å². The Morgan fingerprint density at radius 1 is 1.30 bits per heavy atom. The van der Waals surface area contributed by atoms with Crippen molar-refractivity contribution in [2.75, 3.05) is 7.11 Å². The average molecular weight is 386 g/mol. The van der Waals surface area contributed by atoms with Gasteiger partial charge in [0.15, 0.2) is 10.5 Å². The van der Waals surface area contributed by atoms with Crippen LogP contribution in [0.15, 0.2) is 29.3 Å². The fourth-order valence-corrected chi connectivity index (χ4v) is 4.10. The number of carbonyl (C=O) groups excluding carboxylic acids is 2. The molecule has 0 bridgehead atoms. The Morgan fingerprint density at radius 2 is 2.04 bits per heavy atom. The van der Waals surface area contributed by atoms with Crippen molar-refractivity contribution >= 4 is 33.4 Å². The number of benzene rings is 1. The lowest BCUT2D eigenvalue weighted by Gasteiger charge is -2.06. The van der Waals surface area contributed by atoms with Crippen LogP contribution < -0.4 is 4.80 Å². The van der Waals surface area contributed by atoms with E-state index in [1.807, 2.05) is 43.0 Å². The van der Waals surface area contributed by atoms with Gasteiger partial charge in [-0.15, -0.1) is 0 Å². The summed E-state index contributed by atoms with van der Waals surface area (Å²) in [5.74, 6) is -0.767. The number of hydrogen-bond acceptors (Lipinski definition) is 5. The summed E-state index contributed by atoms with van der Waals surface area (Å²) in [6.45, 7) is 8.59. The van der Waals surface area contributed by atoms with Crippen molar-refractivity contribution in [1.29, 1.82) is 0 Å². The molecule has 0 saturated carbocycles. The molecule has 0 spiro atoms. The molecule has 2 aromatic heterocycles. The molecule has 0 aliphatic carbocycles. The summed E-state index contributed by atoms with van der Waals surface area (Å²) in [5, 5.41) is 4.37. The molecule has 0 fully saturated rings. The highest BCUT2D eigenvalue weighted by Gasteiger charge is 2.15. The Morgan fingerprint density at radius 3 is 2.63 bits per heavy atom. The number of aromatic nitrogens is 3. The second-order valence-electron chi connectivity index (χ2n) is 6.43. The van der Waals surface area contributed by atoms with Crippen LogP contribution in [0.5, 0.6) is 0 Å². The van der Waals surface area contributed by atoms with Crippen molar-refractivity contribution in [1.82, 2.24) is 14.3 Å². The van der Waals surface area contributed by atoms with Crippen LogP contribution in [0.4, 0.5) is 0 Å². The predicted octanol–water partition coefficient (Wildman–Crippen LogP) is 3.34. The Hall–Kier alpha value is -2.74. The molecule has 142 valence electrons. The van der Waals surface area contributed by atoms with Crippen molar-refractivity contribution in [2.24, 2.45) is 4.99 Å². The number of thiazole rings is 1. The first-order chi connectivity index (χ1) is 12.8. The van der Waals surface area contributed by atoms with Crippen molar-refractivity contribution in [3.8, 4) is 0 Å². The van der Waals surface area contributed by atoms with E-state index in [2.05, 4.69) is 10.1 Å². The molecule has 1 amide bonds. The SMILES string of the molecule is CCn1c(=NC(=O)c2cc(C)n(C(C)C)n2)sc2cc(C(=O)OC)ccc21. The normalized spacial score (nSPS) is 12.1. The highest BCUT2D eigenvalue weighted by Crippen LogP contribution is 2.20. The van der Waals surface area contributed by atoms with E-state index in [1.165, 1.54) is 18.4 Å². The second kappa shape index (κ2) is 7.48. The number of esters is 1. The molecule has 8 heteroatoms. The summed E-state index contributed by atoms with van der Waals surface area (Å²) < 4.78 is 9.40. The van der Waals surface area contributed by atoms with Crippen molar-refractivity contribution in [3.05, 3.63) is 46.0 Å². The third-order valence-electron chi connectivity index (χ3n) is 4.25. The van der Waals surface area contributed by atoms with Gasteiger partial charge >= 0.3 is 5.97 Å². The minimum atomic E-state index is -0.391. The second-order valence-corrected chi connectivity index (χ2v) is 7.44. The zero-order valence-electron chi connectivity index (χ0n) is 16.0. The number of hydrogen-bond donors (Lipinski definition) is 0. The smallest absolute Gasteiger partial charge is 0.337 e. The summed E-state index contributed by atoms with van der Waals surface area (Å²) in [4.78, 5) is 29.3. The molecule has 1 aromatic carbocycles. The monoisotopic (exact) mass is 386 g/mol. The Balaban J connectivity index is 2.08. The number of nitrogens with zero attached hydrogens (tertiary/aromatic N) is 4. The highest BCUT2D eigenvalue weighted by atomic mass is 32.1. The van der Waals surface area contributed by atoms with Crippen LogP contribution in [0, 0.1) is 6.92 Å². The molecule has 0 saturated heterocycles. The zero-order valence-corrected chi connectivity index (χ0v) is 16.8. The summed E-state index contributed by atoms with van der Waals surface area (Å²) in [6, 6.07) is 7.26. The molecular weight excluding hydrogens is 364 g/mol. The van der Waals surface area contributed by atoms with Crippen LogP contribution in [0.1, 0.15) is 53.4 Å². The topological polar surface area (TPSA) is 78.5 Å². The zero-order chi connectivity index (χ0) is 19.7. The van der Waals surface area contributed by atoms with Gasteiger partial charge in [-0.25, -0.2) is 4.79 Å². The van der Waals surface area contributed by atoms with E-state index in [9.17, 15) is 9.59 Å². The first-order valence-electron chi connectivity index (χ1n) is 8.72. The van der Waals surface area contributed by atoms with E-state index in [-0.39, 0.29) is 11.9 Å². The number of rotatable bonds is 4. The molecule has 0 aliphatic heterocycles. The van der Waals surface area contributed by atoms with Gasteiger partial charge in [-0.3, -0.25) is 9.48 Å². The molecular formula is C19H22N4O3S. The van der Waals surface area contributed by atoms with Gasteiger partial charge < -0.3 is 9.30 Å². The molecule has 7 nitrogen and oxygen atoms in total. The quantitative estimate of drug-likeness (QED) is 0.644. The molecule has 0 N–H and O–H groups in total. The van der Waals surface area contributed by atoms with E-state index < -0.39 is 5.97 Å². The first-order valence-corrected chi connectivity index (χ1v) is 9.54. The van der Waals surface area contributed by atoms with E-state index >= 15 is 0 Å². The summed E-state index contributed by atoms with van der Waals surface area (Å²) in [7, 11) is 1.35. The highest BCUT2D eigenvalue weighted by molar-refractivity contribution is 7.16. The van der Waals surface area contributed by atoms with Gasteiger partial charge in [-0.2, -0.15) is 10.1 Å². The Kier molecular flexibility index (Phi) is 5.27. The van der Waals surface area contributed by atoms with E-state index in [0.29, 0.717) is 22.6 Å². The van der Waals surface area contributed by atoms with Crippen molar-refractivity contribution < 1.29 is 14.3 Å². The largest absolute Gasteiger partial charge is 0.465 e. The van der Waals surface area contributed by atoms with E-state index in [4.69, 9.17) is 4.74 Å². The molecule has 0 atom stereocenters. The van der Waals surface area contributed by atoms with Crippen LogP contribution in [0.3, 0.4) is 0 Å². The van der Waals surface area contributed by atoms with Gasteiger partial charge in [0.1, 0.15) is 0 Å². The Labute approximate surface area is 160 Å². The third-order valence-corrected chi connectivity index (χ3v) is 5.29. The standard InChI is InChI=1S/C19H22N4O3S/c1-6-22-15-8-7-13(18(25)26-5)10-16(15)27-19(22)20-17(24)14-9-12(4)23(21-14)11(2)3/h7-11H,6H2,1-5H3. The lowest BCUT2D eigenvalue weighted by molar-refractivity contribution is 0.0601. The van der Waals surface area contributed by atoms with Gasteiger partial charge in [0.25, 0.3) is 5.91 Å². The minimum Gasteiger partial charge on any atom is -0.465 e. The van der Waals surface area contributed by atoms with Crippen LogP contribution in [0.2, 0.25) is 0 Å². The summed E-state index contributed by atoms with van der Waals surface area (Å²) in [6.07, 6.45) is 0. The number of fused-ring (bicyclic) bond motifs is 1. The van der Waals surface area contributed by atoms with Crippen molar-refractivity contribution in [2.45, 2.75) is 40.3 Å². The van der Waals surface area contributed by atoms with Gasteiger partial charge in [-0.1, -0.05) is 11.3 Å². The molecule has 2 heterocycles. The summed E-state index contributed by atoms with van der Waals surface area (Å²) >= 11 is 1.36. The first kappa shape index (κ1) is 19.0. The summed E-state index contributed by atoms with van der Waals surface area (Å²) in [5.41, 5.74) is 2.65. The number of ether oxygens (including phenoxy) is 1. The fraction of sp³-hybridized carbons (Fsp3) is 0.368. The predicted molar refractivity (Wildman–Crippen MR) is 104 cm³/mol. The number of amides is 1. The fourth-order valence-electron chi connectivity index (χ4n) is 2.97. The van der Waals surface area contributed by atoms with Crippen LogP contribution in [0.25, 0.3) is 10.2 Å². The Bertz CT molecular complexity index is 1090. The van der Waals surface area contributed by atoms with Gasteiger partial charge in [0, 0.05) is 18.3 Å². The lowest BCUT2D eigenvalue weighted by Crippen LogP contribution is -2.16. The minimum absolute atomic E-state index is 0.174. The van der Waals surface area contributed by atoms with Gasteiger partial charge in [0.05, 0.1) is 22.9 Å². The molecule has 27 heavy (non-hydrogen) atoms.